The Balaban J connectivity index is 3.92. The fraction of sp³-hybridized carbons (Fsp3) is 0.648. The average molecular weight is 944 g/mol. The van der Waals surface area contributed by atoms with Crippen molar-refractivity contribution in [2.45, 2.75) is 206 Å². The topological polar surface area (TPSA) is 169 Å². The average Bonchev–Trinajstić information content (AvgIpc) is 3.29. The summed E-state index contributed by atoms with van der Waals surface area (Å²) in [6.45, 7) is 2.42. The molecule has 0 aliphatic carbocycles. The fourth-order valence-electron chi connectivity index (χ4n) is 6.47. The molecule has 66 heavy (non-hydrogen) atoms. The van der Waals surface area contributed by atoms with Crippen molar-refractivity contribution in [3.63, 3.8) is 0 Å². The van der Waals surface area contributed by atoms with Gasteiger partial charge >= 0.3 is 19.8 Å². The van der Waals surface area contributed by atoms with Crippen LogP contribution in [-0.4, -0.2) is 64.9 Å². The lowest BCUT2D eigenvalue weighted by molar-refractivity contribution is -0.147. The third-order valence-corrected chi connectivity index (χ3v) is 11.3. The van der Waals surface area contributed by atoms with Crippen LogP contribution < -0.4 is 5.32 Å². The first kappa shape index (κ1) is 62.4. The van der Waals surface area contributed by atoms with Gasteiger partial charge in [-0.05, 0) is 96.3 Å². The molecule has 11 nitrogen and oxygen atoms in total. The van der Waals surface area contributed by atoms with Gasteiger partial charge in [0.1, 0.15) is 12.7 Å². The molecule has 0 heterocycles. The Kier molecular flexibility index (Phi) is 45.3. The Labute approximate surface area is 400 Å². The summed E-state index contributed by atoms with van der Waals surface area (Å²) in [5, 5.41) is 21.9. The van der Waals surface area contributed by atoms with E-state index in [1.165, 1.54) is 64.2 Å². The number of carbonyl (C=O) groups is 3. The summed E-state index contributed by atoms with van der Waals surface area (Å²) in [7, 11) is -4.78. The number of nitrogens with one attached hydrogen (secondary N) is 1. The van der Waals surface area contributed by atoms with E-state index >= 15 is 0 Å². The zero-order chi connectivity index (χ0) is 48.4. The van der Waals surface area contributed by atoms with E-state index in [2.05, 4.69) is 116 Å². The lowest BCUT2D eigenvalue weighted by Crippen LogP contribution is -2.43. The molecule has 0 spiro atoms. The van der Waals surface area contributed by atoms with E-state index in [4.69, 9.17) is 13.8 Å². The van der Waals surface area contributed by atoms with Crippen LogP contribution in [0.2, 0.25) is 0 Å². The lowest BCUT2D eigenvalue weighted by atomic mass is 10.0. The maximum Gasteiger partial charge on any atom is 0.472 e. The second kappa shape index (κ2) is 47.9. The number of hydrogen-bond acceptors (Lipinski definition) is 8. The molecule has 4 N–H and O–H groups in total. The number of unbranched alkanes of at least 4 members (excludes halogenated alkanes) is 16. The van der Waals surface area contributed by atoms with Gasteiger partial charge in [-0.25, -0.2) is 9.36 Å². The van der Waals surface area contributed by atoms with Gasteiger partial charge in [0.05, 0.1) is 13.2 Å². The molecule has 376 valence electrons. The molecule has 3 unspecified atom stereocenters. The van der Waals surface area contributed by atoms with E-state index in [1.807, 2.05) is 0 Å². The highest BCUT2D eigenvalue weighted by atomic mass is 31.2. The van der Waals surface area contributed by atoms with Crippen molar-refractivity contribution in [1.82, 2.24) is 5.32 Å². The normalized spacial score (nSPS) is 14.4. The molecule has 0 aliphatic heterocycles. The number of carboxylic acids is 1. The van der Waals surface area contributed by atoms with Crippen LogP contribution in [0.25, 0.3) is 0 Å². The van der Waals surface area contributed by atoms with Gasteiger partial charge in [0, 0.05) is 12.8 Å². The number of aliphatic hydroxyl groups excluding tert-OH is 1. The molecule has 0 rings (SSSR count). The van der Waals surface area contributed by atoms with E-state index in [0.717, 1.165) is 89.9 Å². The number of aliphatic hydroxyl groups is 1. The van der Waals surface area contributed by atoms with Gasteiger partial charge in [0.15, 0.2) is 6.04 Å². The molecule has 0 bridgehead atoms. The van der Waals surface area contributed by atoms with E-state index < -0.39 is 57.6 Å². The maximum absolute atomic E-state index is 12.4. The van der Waals surface area contributed by atoms with Crippen LogP contribution in [0, 0.1) is 0 Å². The standard InChI is InChI=1S/C54H90NO10P/c1-3-5-7-9-11-13-15-17-19-21-23-25-27-29-31-33-35-37-39-41-43-45-52(57)55-51(54(59)60)49-65-66(61,62)64-48-50(56)47-63-53(58)46-44-42-40-38-36-34-32-30-28-26-24-22-20-18-16-14-12-10-8-6-4-2/h6,8,11-14,17-20,24,26,30,32,36,38,50-51,56H,3-5,7,9-10,15-16,21-23,25,27-29,31,33-35,37,39-49H2,1-2H3,(H,55,57)(H,59,60)(H,61,62)/b8-6-,13-11-,14-12-,19-17-,20-18-,26-24-,32-30-,38-36-. The van der Waals surface area contributed by atoms with Crippen molar-refractivity contribution in [2.24, 2.45) is 0 Å². The van der Waals surface area contributed by atoms with Crippen LogP contribution in [0.3, 0.4) is 0 Å². The van der Waals surface area contributed by atoms with Crippen LogP contribution in [0.1, 0.15) is 194 Å². The Morgan fingerprint density at radius 3 is 1.33 bits per heavy atom. The molecule has 0 radical (unpaired) electrons. The van der Waals surface area contributed by atoms with Gasteiger partial charge in [-0.1, -0.05) is 182 Å². The first-order chi connectivity index (χ1) is 32.1. The SMILES string of the molecule is CC/C=C\C/C=C\C/C=C\C/C=C\C/C=C\C/C=C\CCCCC(=O)OCC(O)COP(=O)(O)OCC(NC(=O)CCCCCCCCCCCCC/C=C\C/C=C\CCCCC)C(=O)O. The minimum Gasteiger partial charge on any atom is -0.480 e. The van der Waals surface area contributed by atoms with Crippen molar-refractivity contribution < 1.29 is 47.8 Å². The highest BCUT2D eigenvalue weighted by Crippen LogP contribution is 2.43. The second-order valence-electron chi connectivity index (χ2n) is 16.6. The molecule has 0 aromatic heterocycles. The summed E-state index contributed by atoms with van der Waals surface area (Å²) < 4.78 is 26.9. The van der Waals surface area contributed by atoms with Crippen molar-refractivity contribution in [2.75, 3.05) is 19.8 Å². The number of hydrogen-bond donors (Lipinski definition) is 4. The molecular formula is C54H90NO10P. The number of allylic oxidation sites excluding steroid dienone is 16. The maximum atomic E-state index is 12.4. The summed E-state index contributed by atoms with van der Waals surface area (Å²) in [5.41, 5.74) is 0. The monoisotopic (exact) mass is 944 g/mol. The third-order valence-electron chi connectivity index (χ3n) is 10.4. The van der Waals surface area contributed by atoms with Gasteiger partial charge in [-0.3, -0.25) is 18.6 Å². The van der Waals surface area contributed by atoms with Gasteiger partial charge in [0.25, 0.3) is 0 Å². The summed E-state index contributed by atoms with van der Waals surface area (Å²) in [4.78, 5) is 46.1. The number of esters is 1. The van der Waals surface area contributed by atoms with Crippen LogP contribution in [0.15, 0.2) is 97.2 Å². The summed E-state index contributed by atoms with van der Waals surface area (Å²) in [5.74, 6) is -2.43. The van der Waals surface area contributed by atoms with Crippen molar-refractivity contribution in [1.29, 1.82) is 0 Å². The molecule has 12 heteroatoms. The second-order valence-corrected chi connectivity index (χ2v) is 18.1. The van der Waals surface area contributed by atoms with Gasteiger partial charge in [0.2, 0.25) is 5.91 Å². The Hall–Kier alpha value is -3.60. The lowest BCUT2D eigenvalue weighted by Gasteiger charge is -2.18. The number of aliphatic carboxylic acids is 1. The number of carbonyl (C=O) groups excluding carboxylic acids is 2. The van der Waals surface area contributed by atoms with Gasteiger partial charge in [-0.15, -0.1) is 0 Å². The molecule has 0 aromatic rings. The first-order valence-electron chi connectivity index (χ1n) is 25.3. The molecule has 3 atom stereocenters. The smallest absolute Gasteiger partial charge is 0.472 e. The van der Waals surface area contributed by atoms with Crippen LogP contribution >= 0.6 is 7.82 Å². The third kappa shape index (κ3) is 46.9. The molecule has 0 aliphatic rings. The summed E-state index contributed by atoms with van der Waals surface area (Å²) in [6, 6.07) is -1.56. The number of carboxylic acid groups (broad SMARTS) is 1. The van der Waals surface area contributed by atoms with Crippen LogP contribution in [0.5, 0.6) is 0 Å². The van der Waals surface area contributed by atoms with Crippen molar-refractivity contribution in [3.8, 4) is 0 Å². The Bertz CT molecular complexity index is 1480. The largest absolute Gasteiger partial charge is 0.480 e. The molecule has 0 saturated heterocycles. The van der Waals surface area contributed by atoms with Crippen LogP contribution in [0.4, 0.5) is 0 Å². The van der Waals surface area contributed by atoms with E-state index in [1.54, 1.807) is 0 Å². The molecule has 0 saturated carbocycles. The Morgan fingerprint density at radius 1 is 0.500 bits per heavy atom. The van der Waals surface area contributed by atoms with E-state index in [-0.39, 0.29) is 12.8 Å². The quantitative estimate of drug-likeness (QED) is 0.0199. The summed E-state index contributed by atoms with van der Waals surface area (Å²) >= 11 is 0. The number of phosphoric ester groups is 1. The molecule has 0 fully saturated rings. The first-order valence-corrected chi connectivity index (χ1v) is 26.8. The number of amides is 1. The van der Waals surface area contributed by atoms with E-state index in [9.17, 15) is 34.1 Å². The van der Waals surface area contributed by atoms with Gasteiger partial charge in [-0.2, -0.15) is 0 Å². The molecule has 1 amide bonds. The van der Waals surface area contributed by atoms with Crippen molar-refractivity contribution in [3.05, 3.63) is 97.2 Å². The highest BCUT2D eigenvalue weighted by molar-refractivity contribution is 7.47. The predicted molar refractivity (Wildman–Crippen MR) is 272 cm³/mol. The number of phosphoric acid groups is 1. The summed E-state index contributed by atoms with van der Waals surface area (Å²) in [6.07, 6.45) is 61.4. The molecule has 0 aromatic carbocycles. The van der Waals surface area contributed by atoms with Crippen LogP contribution in [-0.2, 0) is 32.7 Å². The van der Waals surface area contributed by atoms with E-state index in [0.29, 0.717) is 12.8 Å². The predicted octanol–water partition coefficient (Wildman–Crippen LogP) is 14.0. The zero-order valence-electron chi connectivity index (χ0n) is 41.0. The minimum absolute atomic E-state index is 0.135. The molecular weight excluding hydrogens is 854 g/mol. The fourth-order valence-corrected chi connectivity index (χ4v) is 7.24. The number of ether oxygens (including phenoxy) is 1. The minimum atomic E-state index is -4.78. The van der Waals surface area contributed by atoms with Crippen molar-refractivity contribution >= 4 is 25.7 Å². The Morgan fingerprint density at radius 2 is 0.879 bits per heavy atom. The van der Waals surface area contributed by atoms with Gasteiger partial charge < -0.3 is 25.2 Å². The number of rotatable bonds is 46. The zero-order valence-corrected chi connectivity index (χ0v) is 41.9. The highest BCUT2D eigenvalue weighted by Gasteiger charge is 2.28.